The number of aromatic amines is 1. The van der Waals surface area contributed by atoms with Crippen LogP contribution in [0.1, 0.15) is 50.1 Å². The standard InChI is InChI=1S/C23H26ClN5O3S/c1-29-7-6-17-20(11-29)33-23(28-17)22(32)26-16-5-3-14(30)10-18(16)27-21(31)19-9-12-8-13(24)2-4-15(12)25-19/h2,4,8-9,14,16,18,25,30H,3,5-7,10-11H2,1H3,(H,26,32)(H,27,31)/t14?,16-,18+/m1/s1. The Labute approximate surface area is 200 Å². The number of rotatable bonds is 4. The normalized spacial score (nSPS) is 23.3. The van der Waals surface area contributed by atoms with Crippen LogP contribution in [0.25, 0.3) is 10.9 Å². The van der Waals surface area contributed by atoms with E-state index in [1.165, 1.54) is 11.3 Å². The molecule has 0 bridgehead atoms. The van der Waals surface area contributed by atoms with Crippen molar-refractivity contribution in [1.29, 1.82) is 0 Å². The molecule has 5 rings (SSSR count). The maximum Gasteiger partial charge on any atom is 0.280 e. The Hall–Kier alpha value is -2.46. The minimum Gasteiger partial charge on any atom is -0.393 e. The van der Waals surface area contributed by atoms with Crippen LogP contribution in [0.2, 0.25) is 5.02 Å². The molecule has 1 aliphatic heterocycles. The Bertz CT molecular complexity index is 1210. The van der Waals surface area contributed by atoms with Crippen molar-refractivity contribution in [3.05, 3.63) is 50.6 Å². The quantitative estimate of drug-likeness (QED) is 0.452. The van der Waals surface area contributed by atoms with Crippen molar-refractivity contribution in [2.24, 2.45) is 0 Å². The summed E-state index contributed by atoms with van der Waals surface area (Å²) in [5.41, 5.74) is 2.23. The zero-order chi connectivity index (χ0) is 23.1. The molecule has 1 unspecified atom stereocenters. The van der Waals surface area contributed by atoms with Crippen LogP contribution < -0.4 is 10.6 Å². The fourth-order valence-electron chi connectivity index (χ4n) is 4.60. The maximum absolute atomic E-state index is 13.0. The second-order valence-electron chi connectivity index (χ2n) is 8.92. The van der Waals surface area contributed by atoms with Gasteiger partial charge in [-0.3, -0.25) is 9.59 Å². The number of carbonyl (C=O) groups excluding carboxylic acids is 2. The van der Waals surface area contributed by atoms with E-state index >= 15 is 0 Å². The van der Waals surface area contributed by atoms with E-state index in [1.54, 1.807) is 18.2 Å². The van der Waals surface area contributed by atoms with Gasteiger partial charge in [0, 0.05) is 46.4 Å². The van der Waals surface area contributed by atoms with E-state index in [4.69, 9.17) is 11.6 Å². The van der Waals surface area contributed by atoms with Crippen molar-refractivity contribution in [3.8, 4) is 0 Å². The van der Waals surface area contributed by atoms with Crippen LogP contribution in [-0.4, -0.2) is 63.6 Å². The van der Waals surface area contributed by atoms with Crippen molar-refractivity contribution >= 4 is 45.7 Å². The summed E-state index contributed by atoms with van der Waals surface area (Å²) in [4.78, 5) is 36.9. The molecule has 174 valence electrons. The number of fused-ring (bicyclic) bond motifs is 2. The zero-order valence-corrected chi connectivity index (χ0v) is 19.8. The van der Waals surface area contributed by atoms with Gasteiger partial charge in [0.1, 0.15) is 5.69 Å². The number of nitrogens with one attached hydrogen (secondary N) is 3. The van der Waals surface area contributed by atoms with Gasteiger partial charge in [0.15, 0.2) is 5.01 Å². The third kappa shape index (κ3) is 4.77. The van der Waals surface area contributed by atoms with E-state index in [2.05, 4.69) is 32.5 Å². The predicted molar refractivity (Wildman–Crippen MR) is 128 cm³/mol. The molecule has 2 aliphatic rings. The summed E-state index contributed by atoms with van der Waals surface area (Å²) >= 11 is 7.48. The molecule has 3 atom stereocenters. The molecular formula is C23H26ClN5O3S. The van der Waals surface area contributed by atoms with Crippen molar-refractivity contribution in [2.45, 2.75) is 50.4 Å². The number of halogens is 1. The number of benzene rings is 1. The summed E-state index contributed by atoms with van der Waals surface area (Å²) in [6, 6.07) is 6.46. The number of hydrogen-bond donors (Lipinski definition) is 4. The molecule has 1 saturated carbocycles. The summed E-state index contributed by atoms with van der Waals surface area (Å²) in [5.74, 6) is -0.508. The summed E-state index contributed by atoms with van der Waals surface area (Å²) in [6.45, 7) is 1.75. The van der Waals surface area contributed by atoms with E-state index in [1.807, 2.05) is 6.07 Å². The first kappa shape index (κ1) is 22.3. The Morgan fingerprint density at radius 2 is 2.03 bits per heavy atom. The first-order valence-corrected chi connectivity index (χ1v) is 12.3. The molecule has 3 aromatic rings. The van der Waals surface area contributed by atoms with Gasteiger partial charge in [0.2, 0.25) is 0 Å². The molecule has 4 N–H and O–H groups in total. The van der Waals surface area contributed by atoms with Gasteiger partial charge in [-0.2, -0.15) is 0 Å². The van der Waals surface area contributed by atoms with Crippen LogP contribution in [0.15, 0.2) is 24.3 Å². The maximum atomic E-state index is 13.0. The SMILES string of the molecule is CN1CCc2nc(C(=O)N[C@@H]3CCC(O)C[C@@H]3NC(=O)c3cc4cc(Cl)ccc4[nH]3)sc2C1. The third-order valence-electron chi connectivity index (χ3n) is 6.40. The van der Waals surface area contributed by atoms with Gasteiger partial charge >= 0.3 is 0 Å². The smallest absolute Gasteiger partial charge is 0.280 e. The topological polar surface area (TPSA) is 110 Å². The molecule has 0 spiro atoms. The van der Waals surface area contributed by atoms with Crippen LogP contribution in [0.5, 0.6) is 0 Å². The number of amides is 2. The number of aromatic nitrogens is 2. The van der Waals surface area contributed by atoms with Crippen molar-refractivity contribution in [3.63, 3.8) is 0 Å². The van der Waals surface area contributed by atoms with E-state index in [0.29, 0.717) is 35.0 Å². The van der Waals surface area contributed by atoms with E-state index < -0.39 is 6.10 Å². The lowest BCUT2D eigenvalue weighted by Crippen LogP contribution is -2.55. The van der Waals surface area contributed by atoms with Gasteiger partial charge in [-0.1, -0.05) is 11.6 Å². The molecule has 1 aliphatic carbocycles. The van der Waals surface area contributed by atoms with Crippen molar-refractivity contribution < 1.29 is 14.7 Å². The van der Waals surface area contributed by atoms with Gasteiger partial charge in [-0.25, -0.2) is 4.98 Å². The number of likely N-dealkylation sites (N-methyl/N-ethyl adjacent to an activating group) is 1. The first-order chi connectivity index (χ1) is 15.9. The Morgan fingerprint density at radius 1 is 1.21 bits per heavy atom. The number of H-pyrrole nitrogens is 1. The summed E-state index contributed by atoms with van der Waals surface area (Å²) < 4.78 is 0. The van der Waals surface area contributed by atoms with Gasteiger partial charge < -0.3 is 25.6 Å². The number of aliphatic hydroxyl groups excluding tert-OH is 1. The minimum atomic E-state index is -0.521. The lowest BCUT2D eigenvalue weighted by Gasteiger charge is -2.35. The highest BCUT2D eigenvalue weighted by molar-refractivity contribution is 7.13. The summed E-state index contributed by atoms with van der Waals surface area (Å²) in [6.07, 6.45) is 1.85. The number of hydrogen-bond acceptors (Lipinski definition) is 6. The molecule has 33 heavy (non-hydrogen) atoms. The fourth-order valence-corrected chi connectivity index (χ4v) is 5.87. The van der Waals surface area contributed by atoms with Crippen LogP contribution in [0, 0.1) is 0 Å². The molecular weight excluding hydrogens is 462 g/mol. The van der Waals surface area contributed by atoms with Crippen LogP contribution in [0.4, 0.5) is 0 Å². The average molecular weight is 488 g/mol. The van der Waals surface area contributed by atoms with E-state index in [-0.39, 0.29) is 23.9 Å². The first-order valence-electron chi connectivity index (χ1n) is 11.1. The van der Waals surface area contributed by atoms with Gasteiger partial charge in [0.25, 0.3) is 11.8 Å². The molecule has 1 aromatic carbocycles. The van der Waals surface area contributed by atoms with Crippen molar-refractivity contribution in [2.75, 3.05) is 13.6 Å². The zero-order valence-electron chi connectivity index (χ0n) is 18.2. The largest absolute Gasteiger partial charge is 0.393 e. The van der Waals surface area contributed by atoms with Crippen molar-refractivity contribution in [1.82, 2.24) is 25.5 Å². The molecule has 8 nitrogen and oxygen atoms in total. The second kappa shape index (κ2) is 9.06. The summed E-state index contributed by atoms with van der Waals surface area (Å²) in [5, 5.41) is 18.2. The molecule has 2 amide bonds. The number of aliphatic hydroxyl groups is 1. The lowest BCUT2D eigenvalue weighted by atomic mass is 9.88. The highest BCUT2D eigenvalue weighted by atomic mass is 35.5. The summed E-state index contributed by atoms with van der Waals surface area (Å²) in [7, 11) is 2.06. The van der Waals surface area contributed by atoms with Crippen LogP contribution >= 0.6 is 22.9 Å². The molecule has 3 heterocycles. The molecule has 0 radical (unpaired) electrons. The number of thiazole rings is 1. The third-order valence-corrected chi connectivity index (χ3v) is 7.72. The fraction of sp³-hybridized carbons (Fsp3) is 0.435. The average Bonchev–Trinajstić information content (AvgIpc) is 3.39. The number of carbonyl (C=O) groups is 2. The Balaban J connectivity index is 1.29. The highest BCUT2D eigenvalue weighted by Gasteiger charge is 2.33. The second-order valence-corrected chi connectivity index (χ2v) is 10.4. The van der Waals surface area contributed by atoms with E-state index in [0.717, 1.165) is 41.0 Å². The molecule has 1 fully saturated rings. The van der Waals surface area contributed by atoms with Crippen LogP contribution in [0.3, 0.4) is 0 Å². The molecule has 0 saturated heterocycles. The number of nitrogens with zero attached hydrogens (tertiary/aromatic N) is 2. The highest BCUT2D eigenvalue weighted by Crippen LogP contribution is 2.26. The predicted octanol–water partition coefficient (Wildman–Crippen LogP) is 2.71. The van der Waals surface area contributed by atoms with Gasteiger partial charge in [-0.15, -0.1) is 11.3 Å². The molecule has 10 heteroatoms. The van der Waals surface area contributed by atoms with Crippen LogP contribution in [-0.2, 0) is 13.0 Å². The minimum absolute atomic E-state index is 0.224. The van der Waals surface area contributed by atoms with Gasteiger partial charge in [-0.05, 0) is 50.6 Å². The Morgan fingerprint density at radius 3 is 2.88 bits per heavy atom. The lowest BCUT2D eigenvalue weighted by molar-refractivity contribution is 0.0711. The monoisotopic (exact) mass is 487 g/mol. The van der Waals surface area contributed by atoms with Gasteiger partial charge in [0.05, 0.1) is 17.8 Å². The van der Waals surface area contributed by atoms with E-state index in [9.17, 15) is 14.7 Å². The Kier molecular flexibility index (Phi) is 6.13. The molecule has 2 aromatic heterocycles.